The Balaban J connectivity index is 2.25. The molecule has 1 aliphatic heterocycles. The Bertz CT molecular complexity index is 462. The highest BCUT2D eigenvalue weighted by molar-refractivity contribution is 5.92. The Hall–Kier alpha value is -1.51. The second-order valence-electron chi connectivity index (χ2n) is 6.17. The lowest BCUT2D eigenvalue weighted by Crippen LogP contribution is -2.42. The zero-order valence-corrected chi connectivity index (χ0v) is 12.3. The summed E-state index contributed by atoms with van der Waals surface area (Å²) in [7, 11) is 1.67. The van der Waals surface area contributed by atoms with E-state index in [1.165, 1.54) is 0 Å². The van der Waals surface area contributed by atoms with Gasteiger partial charge in [-0.25, -0.2) is 0 Å². The van der Waals surface area contributed by atoms with Gasteiger partial charge in [0.1, 0.15) is 5.75 Å². The lowest BCUT2D eigenvalue weighted by atomic mass is 9.85. The number of methoxy groups -OCH3 is 1. The van der Waals surface area contributed by atoms with E-state index in [0.717, 1.165) is 30.8 Å². The number of hydrogen-bond donors (Lipinski definition) is 0. The van der Waals surface area contributed by atoms with Gasteiger partial charge in [0, 0.05) is 23.7 Å². The van der Waals surface area contributed by atoms with Crippen molar-refractivity contribution in [2.45, 2.75) is 39.7 Å². The fraction of sp³-hybridized carbons (Fsp3) is 0.562. The minimum atomic E-state index is -0.286. The maximum atomic E-state index is 12.5. The molecule has 1 saturated heterocycles. The molecule has 0 N–H and O–H groups in total. The van der Waals surface area contributed by atoms with Gasteiger partial charge in [-0.15, -0.1) is 0 Å². The number of nitrogens with zero attached hydrogens (tertiary/aromatic N) is 1. The van der Waals surface area contributed by atoms with E-state index in [4.69, 9.17) is 4.74 Å². The van der Waals surface area contributed by atoms with Crippen LogP contribution in [-0.4, -0.2) is 25.5 Å². The molecule has 1 fully saturated rings. The quantitative estimate of drug-likeness (QED) is 0.836. The summed E-state index contributed by atoms with van der Waals surface area (Å²) >= 11 is 0. The molecule has 2 rings (SSSR count). The number of Topliss-reactive ketones (excluding diaryl/α,β-unsaturated/α-hetero) is 1. The number of carbonyl (C=O) groups excluding carboxylic acids is 1. The normalized spacial score (nSPS) is 19.6. The van der Waals surface area contributed by atoms with E-state index >= 15 is 0 Å². The predicted molar refractivity (Wildman–Crippen MR) is 77.8 cm³/mol. The fourth-order valence-corrected chi connectivity index (χ4v) is 2.64. The summed E-state index contributed by atoms with van der Waals surface area (Å²) in [6.45, 7) is 6.94. The lowest BCUT2D eigenvalue weighted by molar-refractivity contribution is -0.127. The van der Waals surface area contributed by atoms with Gasteiger partial charge in [-0.3, -0.25) is 4.79 Å². The Kier molecular flexibility index (Phi) is 3.83. The Labute approximate surface area is 115 Å². The average Bonchev–Trinajstić information content (AvgIpc) is 2.85. The van der Waals surface area contributed by atoms with E-state index in [-0.39, 0.29) is 11.5 Å². The largest absolute Gasteiger partial charge is 0.497 e. The number of carbonyl (C=O) groups is 1. The summed E-state index contributed by atoms with van der Waals surface area (Å²) < 4.78 is 5.27. The van der Waals surface area contributed by atoms with Gasteiger partial charge >= 0.3 is 0 Å². The van der Waals surface area contributed by atoms with Gasteiger partial charge in [0.2, 0.25) is 0 Å². The molecule has 0 radical (unpaired) electrons. The van der Waals surface area contributed by atoms with Crippen molar-refractivity contribution in [3.8, 4) is 5.75 Å². The van der Waals surface area contributed by atoms with Crippen molar-refractivity contribution in [3.05, 3.63) is 24.3 Å². The maximum Gasteiger partial charge on any atom is 0.160 e. The summed E-state index contributed by atoms with van der Waals surface area (Å²) in [5, 5.41) is 0. The van der Waals surface area contributed by atoms with Crippen molar-refractivity contribution in [2.24, 2.45) is 5.41 Å². The van der Waals surface area contributed by atoms with Crippen molar-refractivity contribution in [1.82, 2.24) is 0 Å². The number of ketones is 1. The topological polar surface area (TPSA) is 29.5 Å². The Morgan fingerprint density at radius 2 is 2.11 bits per heavy atom. The van der Waals surface area contributed by atoms with Gasteiger partial charge in [-0.05, 0) is 25.0 Å². The number of rotatable bonds is 3. The summed E-state index contributed by atoms with van der Waals surface area (Å²) in [6, 6.07) is 7.98. The highest BCUT2D eigenvalue weighted by Gasteiger charge is 2.36. The Morgan fingerprint density at radius 3 is 2.74 bits per heavy atom. The van der Waals surface area contributed by atoms with Crippen LogP contribution in [0.2, 0.25) is 0 Å². The van der Waals surface area contributed by atoms with Crippen molar-refractivity contribution >= 4 is 11.5 Å². The monoisotopic (exact) mass is 261 g/mol. The molecular formula is C16H23NO2. The minimum Gasteiger partial charge on any atom is -0.497 e. The molecule has 3 heteroatoms. The minimum absolute atomic E-state index is 0.00658. The van der Waals surface area contributed by atoms with E-state index in [2.05, 4.69) is 11.0 Å². The van der Waals surface area contributed by atoms with E-state index < -0.39 is 0 Å². The molecule has 1 aliphatic rings. The van der Waals surface area contributed by atoms with Crippen LogP contribution in [0.25, 0.3) is 0 Å². The molecule has 104 valence electrons. The van der Waals surface area contributed by atoms with Crippen molar-refractivity contribution in [2.75, 3.05) is 18.6 Å². The second-order valence-corrected chi connectivity index (χ2v) is 6.17. The maximum absolute atomic E-state index is 12.5. The first-order chi connectivity index (χ1) is 8.93. The average molecular weight is 261 g/mol. The zero-order chi connectivity index (χ0) is 14.0. The van der Waals surface area contributed by atoms with Crippen LogP contribution in [0, 0.1) is 5.41 Å². The zero-order valence-electron chi connectivity index (χ0n) is 12.3. The van der Waals surface area contributed by atoms with E-state index in [1.807, 2.05) is 39.0 Å². The third-order valence-electron chi connectivity index (χ3n) is 3.68. The molecule has 1 unspecified atom stereocenters. The van der Waals surface area contributed by atoms with Crippen LogP contribution >= 0.6 is 0 Å². The second kappa shape index (κ2) is 5.24. The molecule has 1 heterocycles. The SMILES string of the molecule is COc1cccc(N2CCCC2C(=O)C(C)(C)C)c1. The van der Waals surface area contributed by atoms with Crippen LogP contribution in [0.3, 0.4) is 0 Å². The standard InChI is InChI=1S/C16H23NO2/c1-16(2,3)15(18)14-9-6-10-17(14)12-7-5-8-13(11-12)19-4/h5,7-8,11,14H,6,9-10H2,1-4H3. The van der Waals surface area contributed by atoms with Crippen LogP contribution in [0.15, 0.2) is 24.3 Å². The van der Waals surface area contributed by atoms with Crippen molar-refractivity contribution in [1.29, 1.82) is 0 Å². The first-order valence-corrected chi connectivity index (χ1v) is 6.88. The molecule has 1 aromatic rings. The molecule has 3 nitrogen and oxygen atoms in total. The van der Waals surface area contributed by atoms with Crippen LogP contribution < -0.4 is 9.64 Å². The molecule has 0 amide bonds. The summed E-state index contributed by atoms with van der Waals surface area (Å²) in [5.41, 5.74) is 0.797. The van der Waals surface area contributed by atoms with Gasteiger partial charge < -0.3 is 9.64 Å². The molecular weight excluding hydrogens is 238 g/mol. The smallest absolute Gasteiger partial charge is 0.160 e. The summed E-state index contributed by atoms with van der Waals surface area (Å²) in [5.74, 6) is 1.17. The van der Waals surface area contributed by atoms with Gasteiger partial charge in [0.15, 0.2) is 5.78 Å². The molecule has 0 aliphatic carbocycles. The fourth-order valence-electron chi connectivity index (χ4n) is 2.64. The van der Waals surface area contributed by atoms with Gasteiger partial charge in [-0.2, -0.15) is 0 Å². The van der Waals surface area contributed by atoms with Gasteiger partial charge in [0.25, 0.3) is 0 Å². The molecule has 0 bridgehead atoms. The first kappa shape index (κ1) is 13.9. The molecule has 19 heavy (non-hydrogen) atoms. The third kappa shape index (κ3) is 2.91. The number of hydrogen-bond acceptors (Lipinski definition) is 3. The summed E-state index contributed by atoms with van der Waals surface area (Å²) in [4.78, 5) is 14.8. The highest BCUT2D eigenvalue weighted by Crippen LogP contribution is 2.32. The molecule has 1 atom stereocenters. The molecule has 0 spiro atoms. The van der Waals surface area contributed by atoms with E-state index in [0.29, 0.717) is 5.78 Å². The van der Waals surface area contributed by atoms with Crippen LogP contribution in [0.1, 0.15) is 33.6 Å². The van der Waals surface area contributed by atoms with E-state index in [9.17, 15) is 4.79 Å². The molecule has 0 saturated carbocycles. The third-order valence-corrected chi connectivity index (χ3v) is 3.68. The van der Waals surface area contributed by atoms with E-state index in [1.54, 1.807) is 7.11 Å². The molecule has 1 aromatic carbocycles. The number of ether oxygens (including phenoxy) is 1. The predicted octanol–water partition coefficient (Wildman–Crippen LogP) is 3.28. The first-order valence-electron chi connectivity index (χ1n) is 6.88. The van der Waals surface area contributed by atoms with Crippen LogP contribution in [-0.2, 0) is 4.79 Å². The lowest BCUT2D eigenvalue weighted by Gasteiger charge is -2.30. The van der Waals surface area contributed by atoms with Gasteiger partial charge in [0.05, 0.1) is 13.2 Å². The van der Waals surface area contributed by atoms with Crippen molar-refractivity contribution < 1.29 is 9.53 Å². The van der Waals surface area contributed by atoms with Crippen LogP contribution in [0.5, 0.6) is 5.75 Å². The highest BCUT2D eigenvalue weighted by atomic mass is 16.5. The van der Waals surface area contributed by atoms with Gasteiger partial charge in [-0.1, -0.05) is 26.8 Å². The number of anilines is 1. The van der Waals surface area contributed by atoms with Crippen LogP contribution in [0.4, 0.5) is 5.69 Å². The Morgan fingerprint density at radius 1 is 1.37 bits per heavy atom. The molecule has 0 aromatic heterocycles. The van der Waals surface area contributed by atoms with Crippen molar-refractivity contribution in [3.63, 3.8) is 0 Å². The summed E-state index contributed by atoms with van der Waals surface area (Å²) in [6.07, 6.45) is 2.02. The number of benzene rings is 1.